The highest BCUT2D eigenvalue weighted by molar-refractivity contribution is 5.98. The van der Waals surface area contributed by atoms with Crippen LogP contribution in [0.3, 0.4) is 0 Å². The second-order valence-electron chi connectivity index (χ2n) is 5.44. The Labute approximate surface area is 128 Å². The zero-order valence-corrected chi connectivity index (χ0v) is 12.6. The number of benzene rings is 2. The lowest BCUT2D eigenvalue weighted by Gasteiger charge is -2.17. The van der Waals surface area contributed by atoms with Gasteiger partial charge in [0.25, 0.3) is 5.91 Å². The van der Waals surface area contributed by atoms with Gasteiger partial charge in [0.1, 0.15) is 11.5 Å². The molecular formula is C18H17FN2O. The summed E-state index contributed by atoms with van der Waals surface area (Å²) in [5.41, 5.74) is 2.47. The van der Waals surface area contributed by atoms with Crippen molar-refractivity contribution in [2.24, 2.45) is 7.05 Å². The van der Waals surface area contributed by atoms with Gasteiger partial charge in [-0.2, -0.15) is 0 Å². The van der Waals surface area contributed by atoms with Gasteiger partial charge in [-0.15, -0.1) is 0 Å². The van der Waals surface area contributed by atoms with Crippen LogP contribution in [0.15, 0.2) is 54.6 Å². The minimum atomic E-state index is -0.297. The molecular weight excluding hydrogens is 279 g/mol. The van der Waals surface area contributed by atoms with Gasteiger partial charge >= 0.3 is 0 Å². The van der Waals surface area contributed by atoms with E-state index in [1.807, 2.05) is 37.4 Å². The summed E-state index contributed by atoms with van der Waals surface area (Å²) in [6.07, 6.45) is 0. The topological polar surface area (TPSA) is 25.2 Å². The molecule has 3 nitrogen and oxygen atoms in total. The van der Waals surface area contributed by atoms with Crippen LogP contribution in [-0.2, 0) is 13.6 Å². The normalized spacial score (nSPS) is 10.9. The molecule has 3 rings (SSSR count). The van der Waals surface area contributed by atoms with E-state index < -0.39 is 0 Å². The number of halogens is 1. The van der Waals surface area contributed by atoms with Crippen molar-refractivity contribution < 1.29 is 9.18 Å². The molecule has 0 N–H and O–H groups in total. The summed E-state index contributed by atoms with van der Waals surface area (Å²) in [6.45, 7) is 0.537. The van der Waals surface area contributed by atoms with Gasteiger partial charge < -0.3 is 9.47 Å². The molecule has 2 aromatic carbocycles. The van der Waals surface area contributed by atoms with Crippen LogP contribution in [0.2, 0.25) is 0 Å². The Morgan fingerprint density at radius 1 is 1.14 bits per heavy atom. The standard InChI is InChI=1S/C18H17FN2O/c1-20(12-13-6-4-3-5-7-13)18(22)17-11-14-10-15(19)8-9-16(14)21(17)2/h3-11H,12H2,1-2H3. The van der Waals surface area contributed by atoms with Gasteiger partial charge in [-0.05, 0) is 29.8 Å². The van der Waals surface area contributed by atoms with Gasteiger partial charge in [0.15, 0.2) is 0 Å². The van der Waals surface area contributed by atoms with Crippen molar-refractivity contribution in [3.8, 4) is 0 Å². The number of fused-ring (bicyclic) bond motifs is 1. The molecule has 1 aromatic heterocycles. The first-order chi connectivity index (χ1) is 10.6. The Morgan fingerprint density at radius 2 is 1.86 bits per heavy atom. The summed E-state index contributed by atoms with van der Waals surface area (Å²) < 4.78 is 15.1. The molecule has 0 fully saturated rings. The van der Waals surface area contributed by atoms with Gasteiger partial charge in [-0.3, -0.25) is 4.79 Å². The SMILES string of the molecule is CN(Cc1ccccc1)C(=O)c1cc2cc(F)ccc2n1C. The second-order valence-corrected chi connectivity index (χ2v) is 5.44. The van der Waals surface area contributed by atoms with E-state index in [0.29, 0.717) is 12.2 Å². The third kappa shape index (κ3) is 2.60. The van der Waals surface area contributed by atoms with Crippen molar-refractivity contribution in [3.05, 3.63) is 71.7 Å². The first-order valence-electron chi connectivity index (χ1n) is 7.10. The Morgan fingerprint density at radius 3 is 2.59 bits per heavy atom. The quantitative estimate of drug-likeness (QED) is 0.725. The molecule has 0 saturated heterocycles. The first-order valence-corrected chi connectivity index (χ1v) is 7.10. The number of hydrogen-bond donors (Lipinski definition) is 0. The average molecular weight is 296 g/mol. The molecule has 3 aromatic rings. The largest absolute Gasteiger partial charge is 0.340 e. The van der Waals surface area contributed by atoms with E-state index in [4.69, 9.17) is 0 Å². The zero-order chi connectivity index (χ0) is 15.7. The fraction of sp³-hybridized carbons (Fsp3) is 0.167. The van der Waals surface area contributed by atoms with E-state index in [-0.39, 0.29) is 11.7 Å². The lowest BCUT2D eigenvalue weighted by molar-refractivity contribution is 0.0776. The highest BCUT2D eigenvalue weighted by atomic mass is 19.1. The van der Waals surface area contributed by atoms with Gasteiger partial charge in [0, 0.05) is 31.5 Å². The Bertz CT molecular complexity index is 824. The molecule has 0 bridgehead atoms. The van der Waals surface area contributed by atoms with Crippen LogP contribution >= 0.6 is 0 Å². The number of hydrogen-bond acceptors (Lipinski definition) is 1. The molecule has 1 amide bonds. The maximum absolute atomic E-state index is 13.3. The lowest BCUT2D eigenvalue weighted by atomic mass is 10.2. The number of amides is 1. The highest BCUT2D eigenvalue weighted by Gasteiger charge is 2.17. The Balaban J connectivity index is 1.90. The van der Waals surface area contributed by atoms with Gasteiger partial charge in [0.05, 0.1) is 0 Å². The van der Waals surface area contributed by atoms with Crippen LogP contribution in [0.5, 0.6) is 0 Å². The summed E-state index contributed by atoms with van der Waals surface area (Å²) in [7, 11) is 3.59. The van der Waals surface area contributed by atoms with Crippen molar-refractivity contribution in [2.45, 2.75) is 6.54 Å². The molecule has 0 aliphatic rings. The van der Waals surface area contributed by atoms with E-state index in [9.17, 15) is 9.18 Å². The van der Waals surface area contributed by atoms with E-state index in [1.54, 1.807) is 28.6 Å². The summed E-state index contributed by atoms with van der Waals surface area (Å²) in [6, 6.07) is 16.1. The molecule has 0 aliphatic carbocycles. The molecule has 4 heteroatoms. The van der Waals surface area contributed by atoms with E-state index >= 15 is 0 Å². The minimum Gasteiger partial charge on any atom is -0.340 e. The summed E-state index contributed by atoms with van der Waals surface area (Å²) in [5.74, 6) is -0.377. The third-order valence-electron chi connectivity index (χ3n) is 3.83. The third-order valence-corrected chi connectivity index (χ3v) is 3.83. The molecule has 0 spiro atoms. The molecule has 112 valence electrons. The van der Waals surface area contributed by atoms with Crippen molar-refractivity contribution in [1.82, 2.24) is 9.47 Å². The van der Waals surface area contributed by atoms with Crippen LogP contribution in [0.4, 0.5) is 4.39 Å². The van der Waals surface area contributed by atoms with Crippen LogP contribution in [0.25, 0.3) is 10.9 Å². The fourth-order valence-corrected chi connectivity index (χ4v) is 2.65. The lowest BCUT2D eigenvalue weighted by Crippen LogP contribution is -2.27. The number of carbonyl (C=O) groups is 1. The number of nitrogens with zero attached hydrogens (tertiary/aromatic N) is 2. The van der Waals surface area contributed by atoms with Crippen LogP contribution in [0.1, 0.15) is 16.1 Å². The smallest absolute Gasteiger partial charge is 0.270 e. The molecule has 0 radical (unpaired) electrons. The summed E-state index contributed by atoms with van der Waals surface area (Å²) >= 11 is 0. The fourth-order valence-electron chi connectivity index (χ4n) is 2.65. The van der Waals surface area contributed by atoms with Gasteiger partial charge in [-0.1, -0.05) is 30.3 Å². The molecule has 0 unspecified atom stereocenters. The second kappa shape index (κ2) is 5.64. The van der Waals surface area contributed by atoms with E-state index in [0.717, 1.165) is 16.5 Å². The van der Waals surface area contributed by atoms with Crippen LogP contribution in [-0.4, -0.2) is 22.4 Å². The predicted octanol–water partition coefficient (Wildman–Crippen LogP) is 3.59. The number of aromatic nitrogens is 1. The van der Waals surface area contributed by atoms with Gasteiger partial charge in [0.2, 0.25) is 0 Å². The summed E-state index contributed by atoms with van der Waals surface area (Å²) in [5, 5.41) is 0.735. The Hall–Kier alpha value is -2.62. The van der Waals surface area contributed by atoms with Crippen molar-refractivity contribution in [3.63, 3.8) is 0 Å². The Kier molecular flexibility index (Phi) is 3.67. The van der Waals surface area contributed by atoms with Crippen molar-refractivity contribution in [2.75, 3.05) is 7.05 Å². The molecule has 1 heterocycles. The molecule has 0 atom stereocenters. The van der Waals surface area contributed by atoms with Gasteiger partial charge in [-0.25, -0.2) is 4.39 Å². The zero-order valence-electron chi connectivity index (χ0n) is 12.6. The van der Waals surface area contributed by atoms with Crippen LogP contribution in [0, 0.1) is 5.82 Å². The number of rotatable bonds is 3. The van der Waals surface area contributed by atoms with Crippen LogP contribution < -0.4 is 0 Å². The van der Waals surface area contributed by atoms with Crippen molar-refractivity contribution >= 4 is 16.8 Å². The molecule has 0 aliphatic heterocycles. The van der Waals surface area contributed by atoms with E-state index in [2.05, 4.69) is 0 Å². The number of carbonyl (C=O) groups excluding carboxylic acids is 1. The monoisotopic (exact) mass is 296 g/mol. The highest BCUT2D eigenvalue weighted by Crippen LogP contribution is 2.21. The first kappa shape index (κ1) is 14.3. The predicted molar refractivity (Wildman–Crippen MR) is 85.1 cm³/mol. The maximum Gasteiger partial charge on any atom is 0.270 e. The molecule has 22 heavy (non-hydrogen) atoms. The number of aryl methyl sites for hydroxylation is 1. The minimum absolute atomic E-state index is 0.0806. The maximum atomic E-state index is 13.3. The van der Waals surface area contributed by atoms with Crippen molar-refractivity contribution in [1.29, 1.82) is 0 Å². The summed E-state index contributed by atoms with van der Waals surface area (Å²) in [4.78, 5) is 14.3. The van der Waals surface area contributed by atoms with E-state index in [1.165, 1.54) is 12.1 Å². The average Bonchev–Trinajstić information content (AvgIpc) is 2.83. The molecule has 0 saturated carbocycles.